The maximum atomic E-state index is 13.6. The predicted molar refractivity (Wildman–Crippen MR) is 119 cm³/mol. The summed E-state index contributed by atoms with van der Waals surface area (Å²) in [5.74, 6) is -0.0830. The first-order valence-corrected chi connectivity index (χ1v) is 11.2. The third-order valence-electron chi connectivity index (χ3n) is 6.76. The molecule has 1 saturated carbocycles. The van der Waals surface area contributed by atoms with Crippen LogP contribution in [0.15, 0.2) is 48.5 Å². The van der Waals surface area contributed by atoms with E-state index >= 15 is 0 Å². The molecule has 158 valence electrons. The van der Waals surface area contributed by atoms with Crippen molar-refractivity contribution in [3.05, 3.63) is 70.8 Å². The summed E-state index contributed by atoms with van der Waals surface area (Å²) in [5.41, 5.74) is 3.00. The van der Waals surface area contributed by atoms with Crippen LogP contribution >= 0.6 is 0 Å². The van der Waals surface area contributed by atoms with Gasteiger partial charge in [-0.15, -0.1) is 0 Å². The molecule has 4 heteroatoms. The highest BCUT2D eigenvalue weighted by Crippen LogP contribution is 2.33. The molecule has 0 radical (unpaired) electrons. The molecular formula is C26H32N2O2. The molecule has 1 aliphatic heterocycles. The number of carbonyl (C=O) groups excluding carboxylic acids is 2. The third kappa shape index (κ3) is 4.14. The number of hydrogen-bond acceptors (Lipinski definition) is 2. The Kier molecular flexibility index (Phi) is 5.94. The van der Waals surface area contributed by atoms with Crippen LogP contribution in [0, 0.1) is 6.92 Å². The van der Waals surface area contributed by atoms with Gasteiger partial charge in [0.25, 0.3) is 5.91 Å². The molecular weight excluding hydrogens is 372 g/mol. The fraction of sp³-hybridized carbons (Fsp3) is 0.462. The van der Waals surface area contributed by atoms with Crippen LogP contribution in [0.25, 0.3) is 0 Å². The van der Waals surface area contributed by atoms with E-state index in [-0.39, 0.29) is 17.9 Å². The zero-order valence-electron chi connectivity index (χ0n) is 18.1. The summed E-state index contributed by atoms with van der Waals surface area (Å²) in [4.78, 5) is 28.9. The number of nitrogens with zero attached hydrogens (tertiary/aromatic N) is 1. The van der Waals surface area contributed by atoms with E-state index in [1.807, 2.05) is 43.3 Å². The van der Waals surface area contributed by atoms with Gasteiger partial charge in [0, 0.05) is 24.6 Å². The predicted octanol–water partition coefficient (Wildman–Crippen LogP) is 4.79. The van der Waals surface area contributed by atoms with Crippen LogP contribution in [0.5, 0.6) is 0 Å². The summed E-state index contributed by atoms with van der Waals surface area (Å²) in [7, 11) is 0. The van der Waals surface area contributed by atoms with Gasteiger partial charge in [-0.25, -0.2) is 0 Å². The minimum atomic E-state index is -0.900. The van der Waals surface area contributed by atoms with Gasteiger partial charge in [0.2, 0.25) is 5.91 Å². The van der Waals surface area contributed by atoms with Crippen molar-refractivity contribution < 1.29 is 9.59 Å². The van der Waals surface area contributed by atoms with E-state index in [0.29, 0.717) is 18.5 Å². The van der Waals surface area contributed by atoms with Gasteiger partial charge in [-0.3, -0.25) is 9.59 Å². The van der Waals surface area contributed by atoms with Crippen molar-refractivity contribution in [1.82, 2.24) is 10.2 Å². The molecule has 0 aromatic heterocycles. The molecule has 4 nitrogen and oxygen atoms in total. The molecule has 1 atom stereocenters. The lowest BCUT2D eigenvalue weighted by Crippen LogP contribution is -2.63. The van der Waals surface area contributed by atoms with Gasteiger partial charge in [0.05, 0.1) is 0 Å². The summed E-state index contributed by atoms with van der Waals surface area (Å²) < 4.78 is 0. The summed E-state index contributed by atoms with van der Waals surface area (Å²) in [6.07, 6.45) is 7.42. The zero-order chi connectivity index (χ0) is 21.1. The van der Waals surface area contributed by atoms with Crippen LogP contribution in [0.3, 0.4) is 0 Å². The molecule has 1 heterocycles. The molecule has 30 heavy (non-hydrogen) atoms. The highest BCUT2D eigenvalue weighted by atomic mass is 16.2. The molecule has 2 aromatic carbocycles. The van der Waals surface area contributed by atoms with Crippen molar-refractivity contribution in [2.45, 2.75) is 76.9 Å². The summed E-state index contributed by atoms with van der Waals surface area (Å²) in [5, 5.41) is 3.31. The number of nitrogens with one attached hydrogen (secondary N) is 1. The largest absolute Gasteiger partial charge is 0.351 e. The monoisotopic (exact) mass is 404 g/mol. The molecule has 1 fully saturated rings. The number of hydrogen-bond donors (Lipinski definition) is 1. The Bertz CT molecular complexity index is 913. The van der Waals surface area contributed by atoms with Crippen LogP contribution in [0.4, 0.5) is 0 Å². The van der Waals surface area contributed by atoms with Crippen LogP contribution < -0.4 is 5.32 Å². The quantitative estimate of drug-likeness (QED) is 0.745. The number of aryl methyl sites for hydroxylation is 1. The minimum Gasteiger partial charge on any atom is -0.351 e. The van der Waals surface area contributed by atoms with E-state index in [2.05, 4.69) is 24.4 Å². The van der Waals surface area contributed by atoms with Crippen molar-refractivity contribution in [3.8, 4) is 0 Å². The maximum absolute atomic E-state index is 13.6. The Morgan fingerprint density at radius 3 is 2.40 bits per heavy atom. The molecule has 1 aliphatic carbocycles. The summed E-state index contributed by atoms with van der Waals surface area (Å²) in [6.45, 7) is 4.42. The molecule has 2 aliphatic rings. The molecule has 1 N–H and O–H groups in total. The minimum absolute atomic E-state index is 0.0237. The number of amides is 2. The topological polar surface area (TPSA) is 49.4 Å². The normalized spacial score (nSPS) is 22.3. The molecule has 4 rings (SSSR count). The maximum Gasteiger partial charge on any atom is 0.255 e. The molecule has 0 bridgehead atoms. The van der Waals surface area contributed by atoms with Crippen molar-refractivity contribution in [2.75, 3.05) is 0 Å². The molecule has 2 aromatic rings. The van der Waals surface area contributed by atoms with E-state index in [0.717, 1.165) is 36.8 Å². The van der Waals surface area contributed by atoms with Gasteiger partial charge in [-0.1, -0.05) is 73.7 Å². The van der Waals surface area contributed by atoms with Crippen molar-refractivity contribution in [3.63, 3.8) is 0 Å². The summed E-state index contributed by atoms with van der Waals surface area (Å²) >= 11 is 0. The van der Waals surface area contributed by atoms with E-state index in [4.69, 9.17) is 0 Å². The molecule has 2 amide bonds. The zero-order valence-corrected chi connectivity index (χ0v) is 18.1. The Hall–Kier alpha value is -2.62. The van der Waals surface area contributed by atoms with Gasteiger partial charge in [0.1, 0.15) is 5.54 Å². The smallest absolute Gasteiger partial charge is 0.255 e. The lowest BCUT2D eigenvalue weighted by atomic mass is 9.82. The van der Waals surface area contributed by atoms with Crippen LogP contribution in [-0.2, 0) is 17.8 Å². The lowest BCUT2D eigenvalue weighted by Gasteiger charge is -2.44. The number of carbonyl (C=O) groups is 2. The highest BCUT2D eigenvalue weighted by molar-refractivity contribution is 6.02. The Balaban J connectivity index is 1.65. The summed E-state index contributed by atoms with van der Waals surface area (Å²) in [6, 6.07) is 16.1. The van der Waals surface area contributed by atoms with Gasteiger partial charge in [-0.05, 0) is 43.9 Å². The average Bonchev–Trinajstić information content (AvgIpc) is 3.01. The van der Waals surface area contributed by atoms with Crippen molar-refractivity contribution in [2.24, 2.45) is 0 Å². The second-order valence-electron chi connectivity index (χ2n) is 9.15. The number of benzene rings is 2. The SMILES string of the molecule is Cc1ccc(CN2C(=O)c3ccccc3C[C@]2(C)C(=O)NC2CCCCCC2)cc1. The van der Waals surface area contributed by atoms with Crippen molar-refractivity contribution >= 4 is 11.8 Å². The first kappa shape index (κ1) is 20.6. The lowest BCUT2D eigenvalue weighted by molar-refractivity contribution is -0.132. The highest BCUT2D eigenvalue weighted by Gasteiger charge is 2.47. The van der Waals surface area contributed by atoms with Crippen LogP contribution in [-0.4, -0.2) is 28.3 Å². The van der Waals surface area contributed by atoms with E-state index < -0.39 is 5.54 Å². The Morgan fingerprint density at radius 2 is 1.70 bits per heavy atom. The fourth-order valence-electron chi connectivity index (χ4n) is 4.81. The van der Waals surface area contributed by atoms with Crippen molar-refractivity contribution in [1.29, 1.82) is 0 Å². The van der Waals surface area contributed by atoms with Gasteiger partial charge >= 0.3 is 0 Å². The van der Waals surface area contributed by atoms with Gasteiger partial charge < -0.3 is 10.2 Å². The third-order valence-corrected chi connectivity index (χ3v) is 6.76. The molecule has 0 unspecified atom stereocenters. The molecule has 0 saturated heterocycles. The van der Waals surface area contributed by atoms with Gasteiger partial charge in [-0.2, -0.15) is 0 Å². The molecule has 0 spiro atoms. The standard InChI is InChI=1S/C26H32N2O2/c1-19-13-15-20(16-14-19)18-28-24(29)23-12-8-7-9-21(23)17-26(28,2)25(30)27-22-10-5-3-4-6-11-22/h7-9,12-16,22H,3-6,10-11,17-18H2,1-2H3,(H,27,30)/t26-/m1/s1. The van der Waals surface area contributed by atoms with E-state index in [1.165, 1.54) is 18.4 Å². The first-order chi connectivity index (χ1) is 14.5. The van der Waals surface area contributed by atoms with E-state index in [1.54, 1.807) is 4.90 Å². The average molecular weight is 405 g/mol. The second-order valence-corrected chi connectivity index (χ2v) is 9.15. The fourth-order valence-corrected chi connectivity index (χ4v) is 4.81. The van der Waals surface area contributed by atoms with Gasteiger partial charge in [0.15, 0.2) is 0 Å². The number of fused-ring (bicyclic) bond motifs is 1. The first-order valence-electron chi connectivity index (χ1n) is 11.2. The second kappa shape index (κ2) is 8.63. The van der Waals surface area contributed by atoms with Crippen LogP contribution in [0.2, 0.25) is 0 Å². The Morgan fingerprint density at radius 1 is 1.03 bits per heavy atom. The Labute approximate surface area is 179 Å². The van der Waals surface area contributed by atoms with Crippen LogP contribution in [0.1, 0.15) is 72.5 Å². The van der Waals surface area contributed by atoms with E-state index in [9.17, 15) is 9.59 Å². The number of rotatable bonds is 4.